The zero-order valence-corrected chi connectivity index (χ0v) is 11.7. The zero-order valence-electron chi connectivity index (χ0n) is 11.7. The maximum absolute atomic E-state index is 11.5. The summed E-state index contributed by atoms with van der Waals surface area (Å²) in [5.74, 6) is -1.74. The van der Waals surface area contributed by atoms with Gasteiger partial charge < -0.3 is 10.2 Å². The topological polar surface area (TPSA) is 74.6 Å². The summed E-state index contributed by atoms with van der Waals surface area (Å²) in [6, 6.07) is 0. The van der Waals surface area contributed by atoms with Crippen molar-refractivity contribution in [2.45, 2.75) is 65.7 Å². The number of hydrogen-bond donors (Lipinski definition) is 2. The summed E-state index contributed by atoms with van der Waals surface area (Å²) in [5, 5.41) is 18.4. The van der Waals surface area contributed by atoms with E-state index in [1.165, 1.54) is 0 Å². The van der Waals surface area contributed by atoms with Crippen molar-refractivity contribution in [1.82, 2.24) is 0 Å². The van der Waals surface area contributed by atoms with E-state index < -0.39 is 17.4 Å². The highest BCUT2D eigenvalue weighted by Gasteiger charge is 2.40. The summed E-state index contributed by atoms with van der Waals surface area (Å²) in [7, 11) is 0. The minimum atomic E-state index is -1.09. The first-order valence-corrected chi connectivity index (χ1v) is 6.83. The van der Waals surface area contributed by atoms with E-state index in [2.05, 4.69) is 0 Å². The van der Waals surface area contributed by atoms with Crippen LogP contribution in [0.15, 0.2) is 0 Å². The molecular weight excluding hydrogens is 232 g/mol. The summed E-state index contributed by atoms with van der Waals surface area (Å²) in [4.78, 5) is 22.5. The average Bonchev–Trinajstić information content (AvgIpc) is 2.27. The van der Waals surface area contributed by atoms with Crippen molar-refractivity contribution in [2.24, 2.45) is 11.3 Å². The Morgan fingerprint density at radius 3 is 2.17 bits per heavy atom. The molecule has 106 valence electrons. The third-order valence-corrected chi connectivity index (χ3v) is 3.64. The van der Waals surface area contributed by atoms with Gasteiger partial charge in [-0.1, -0.05) is 46.5 Å². The van der Waals surface area contributed by atoms with Crippen LogP contribution in [-0.4, -0.2) is 22.2 Å². The average molecular weight is 258 g/mol. The van der Waals surface area contributed by atoms with Crippen LogP contribution < -0.4 is 0 Å². The molecule has 0 bridgehead atoms. The maximum Gasteiger partial charge on any atom is 0.310 e. The van der Waals surface area contributed by atoms with Gasteiger partial charge >= 0.3 is 11.9 Å². The van der Waals surface area contributed by atoms with Gasteiger partial charge in [-0.2, -0.15) is 0 Å². The lowest BCUT2D eigenvalue weighted by atomic mass is 9.73. The van der Waals surface area contributed by atoms with Gasteiger partial charge in [0.05, 0.1) is 11.8 Å². The Kier molecular flexibility index (Phi) is 7.64. The van der Waals surface area contributed by atoms with Crippen LogP contribution >= 0.6 is 0 Å². The summed E-state index contributed by atoms with van der Waals surface area (Å²) in [6.45, 7) is 6.04. The molecule has 2 N–H and O–H groups in total. The molecule has 0 aliphatic carbocycles. The minimum absolute atomic E-state index is 0.238. The number of aliphatic carboxylic acids is 2. The number of carbonyl (C=O) groups is 2. The Labute approximate surface area is 109 Å². The molecule has 4 heteroatoms. The smallest absolute Gasteiger partial charge is 0.310 e. The molecule has 0 aromatic heterocycles. The second-order valence-electron chi connectivity index (χ2n) is 5.33. The van der Waals surface area contributed by atoms with Crippen molar-refractivity contribution in [2.75, 3.05) is 0 Å². The fourth-order valence-electron chi connectivity index (χ4n) is 2.35. The maximum atomic E-state index is 11.5. The molecule has 0 rings (SSSR count). The molecule has 0 aromatic carbocycles. The predicted molar refractivity (Wildman–Crippen MR) is 70.5 cm³/mol. The summed E-state index contributed by atoms with van der Waals surface area (Å²) in [5.41, 5.74) is -1.09. The second-order valence-corrected chi connectivity index (χ2v) is 5.33. The van der Waals surface area contributed by atoms with Gasteiger partial charge in [0, 0.05) is 0 Å². The molecule has 0 spiro atoms. The number of unbranched alkanes of at least 4 members (excludes halogenated alkanes) is 2. The molecule has 0 aromatic rings. The van der Waals surface area contributed by atoms with Gasteiger partial charge in [0.2, 0.25) is 0 Å². The first-order chi connectivity index (χ1) is 8.38. The van der Waals surface area contributed by atoms with Gasteiger partial charge in [-0.05, 0) is 18.8 Å². The lowest BCUT2D eigenvalue weighted by molar-refractivity contribution is -0.157. The van der Waals surface area contributed by atoms with Crippen LogP contribution in [0.5, 0.6) is 0 Å². The SMILES string of the molecule is CCCCCC(CC(=O)O)(CC(C)CC)C(=O)O. The molecular formula is C14H26O4. The molecule has 0 saturated carbocycles. The van der Waals surface area contributed by atoms with Crippen LogP contribution in [0.25, 0.3) is 0 Å². The van der Waals surface area contributed by atoms with Crippen LogP contribution in [0.3, 0.4) is 0 Å². The van der Waals surface area contributed by atoms with Gasteiger partial charge in [0.25, 0.3) is 0 Å². The normalized spacial score (nSPS) is 15.9. The van der Waals surface area contributed by atoms with Crippen LogP contribution in [0.4, 0.5) is 0 Å². The van der Waals surface area contributed by atoms with Gasteiger partial charge in [-0.15, -0.1) is 0 Å². The van der Waals surface area contributed by atoms with E-state index in [1.807, 2.05) is 20.8 Å². The van der Waals surface area contributed by atoms with Crippen molar-refractivity contribution in [3.05, 3.63) is 0 Å². The van der Waals surface area contributed by atoms with Gasteiger partial charge in [0.15, 0.2) is 0 Å². The second kappa shape index (κ2) is 8.11. The lowest BCUT2D eigenvalue weighted by Gasteiger charge is -2.30. The van der Waals surface area contributed by atoms with Crippen molar-refractivity contribution >= 4 is 11.9 Å². The van der Waals surface area contributed by atoms with E-state index >= 15 is 0 Å². The van der Waals surface area contributed by atoms with Crippen LogP contribution in [0.1, 0.15) is 65.7 Å². The molecule has 0 amide bonds. The first-order valence-electron chi connectivity index (χ1n) is 6.83. The highest BCUT2D eigenvalue weighted by molar-refractivity contribution is 5.81. The quantitative estimate of drug-likeness (QED) is 0.588. The molecule has 0 fully saturated rings. The molecule has 0 saturated heterocycles. The highest BCUT2D eigenvalue weighted by Crippen LogP contribution is 2.37. The fraction of sp³-hybridized carbons (Fsp3) is 0.857. The molecule has 0 aliphatic heterocycles. The van der Waals surface area contributed by atoms with E-state index in [-0.39, 0.29) is 12.3 Å². The van der Waals surface area contributed by atoms with Crippen molar-refractivity contribution in [3.8, 4) is 0 Å². The Hall–Kier alpha value is -1.06. The third kappa shape index (κ3) is 5.52. The Balaban J connectivity index is 4.89. The summed E-state index contributed by atoms with van der Waals surface area (Å²) in [6.07, 6.45) is 4.27. The predicted octanol–water partition coefficient (Wildman–Crippen LogP) is 3.55. The Morgan fingerprint density at radius 2 is 1.78 bits per heavy atom. The number of carboxylic acid groups (broad SMARTS) is 2. The van der Waals surface area contributed by atoms with Crippen molar-refractivity contribution in [3.63, 3.8) is 0 Å². The Morgan fingerprint density at radius 1 is 1.17 bits per heavy atom. The molecule has 18 heavy (non-hydrogen) atoms. The summed E-state index contributed by atoms with van der Waals surface area (Å²) >= 11 is 0. The first kappa shape index (κ1) is 16.9. The van der Waals surface area contributed by atoms with Crippen LogP contribution in [0.2, 0.25) is 0 Å². The third-order valence-electron chi connectivity index (χ3n) is 3.64. The van der Waals surface area contributed by atoms with Gasteiger partial charge in [-0.25, -0.2) is 0 Å². The van der Waals surface area contributed by atoms with Crippen molar-refractivity contribution < 1.29 is 19.8 Å². The zero-order chi connectivity index (χ0) is 14.2. The number of carboxylic acids is 2. The Bertz CT molecular complexity index is 275. The monoisotopic (exact) mass is 258 g/mol. The lowest BCUT2D eigenvalue weighted by Crippen LogP contribution is -2.35. The van der Waals surface area contributed by atoms with Crippen molar-refractivity contribution in [1.29, 1.82) is 0 Å². The minimum Gasteiger partial charge on any atom is -0.481 e. The van der Waals surface area contributed by atoms with E-state index in [4.69, 9.17) is 5.11 Å². The van der Waals surface area contributed by atoms with Gasteiger partial charge in [-0.3, -0.25) is 9.59 Å². The fourth-order valence-corrected chi connectivity index (χ4v) is 2.35. The summed E-state index contributed by atoms with van der Waals surface area (Å²) < 4.78 is 0. The van der Waals surface area contributed by atoms with E-state index in [0.29, 0.717) is 12.8 Å². The van der Waals surface area contributed by atoms with E-state index in [0.717, 1.165) is 25.7 Å². The van der Waals surface area contributed by atoms with Gasteiger partial charge in [0.1, 0.15) is 0 Å². The van der Waals surface area contributed by atoms with Crippen LogP contribution in [-0.2, 0) is 9.59 Å². The largest absolute Gasteiger partial charge is 0.481 e. The van der Waals surface area contributed by atoms with Crippen LogP contribution in [0, 0.1) is 11.3 Å². The van der Waals surface area contributed by atoms with E-state index in [9.17, 15) is 14.7 Å². The molecule has 2 unspecified atom stereocenters. The number of rotatable bonds is 10. The molecule has 0 aliphatic rings. The molecule has 4 nitrogen and oxygen atoms in total. The molecule has 0 radical (unpaired) electrons. The molecule has 0 heterocycles. The standard InChI is InChI=1S/C14H26O4/c1-4-6-7-8-14(13(17)18,10-12(15)16)9-11(3)5-2/h11H,4-10H2,1-3H3,(H,15,16)(H,17,18). The van der Waals surface area contributed by atoms with E-state index in [1.54, 1.807) is 0 Å². The number of hydrogen-bond acceptors (Lipinski definition) is 2. The highest BCUT2D eigenvalue weighted by atomic mass is 16.4. The molecule has 2 atom stereocenters.